The van der Waals surface area contributed by atoms with Crippen LogP contribution in [-0.2, 0) is 10.8 Å². The van der Waals surface area contributed by atoms with E-state index >= 15 is 0 Å². The van der Waals surface area contributed by atoms with Gasteiger partial charge in [0.25, 0.3) is 0 Å². The van der Waals surface area contributed by atoms with Crippen LogP contribution in [0, 0.1) is 10.2 Å². The molecule has 1 unspecified atom stereocenters. The lowest BCUT2D eigenvalue weighted by molar-refractivity contribution is -2.00. The second-order valence-electron chi connectivity index (χ2n) is 10.7. The minimum atomic E-state index is -4.94. The molecule has 2 aliphatic heterocycles. The summed E-state index contributed by atoms with van der Waals surface area (Å²) in [5.41, 5.74) is 6.87. The average Bonchev–Trinajstić information content (AvgIpc) is 3.14. The molecule has 6 nitrogen and oxygen atoms in total. The van der Waals surface area contributed by atoms with Gasteiger partial charge in [-0.1, -0.05) is 80.6 Å². The Kier molecular flexibility index (Phi) is 7.10. The van der Waals surface area contributed by atoms with E-state index in [1.165, 1.54) is 39.0 Å². The lowest BCUT2D eigenvalue weighted by atomic mass is 9.78. The molecule has 0 N–H and O–H groups in total. The Morgan fingerprint density at radius 1 is 0.865 bits per heavy atom. The highest BCUT2D eigenvalue weighted by molar-refractivity contribution is 6.03. The van der Waals surface area contributed by atoms with Crippen molar-refractivity contribution in [3.05, 3.63) is 96.1 Å². The molecule has 3 aromatic rings. The number of benzene rings is 3. The topological polar surface area (TPSA) is 98.5 Å². The quantitative estimate of drug-likeness (QED) is 0.388. The van der Waals surface area contributed by atoms with Crippen LogP contribution in [0.5, 0.6) is 0 Å². The van der Waals surface area contributed by atoms with Crippen molar-refractivity contribution in [1.29, 1.82) is 0 Å². The number of allylic oxidation sites excluding steroid dienone is 3. The molecular formula is C30H33ClN2O4. The fraction of sp³-hybridized carbons (Fsp3) is 0.300. The summed E-state index contributed by atoms with van der Waals surface area (Å²) >= 11 is 0. The van der Waals surface area contributed by atoms with Gasteiger partial charge in [-0.2, -0.15) is 4.58 Å². The van der Waals surface area contributed by atoms with Crippen molar-refractivity contribution >= 4 is 27.9 Å². The summed E-state index contributed by atoms with van der Waals surface area (Å²) in [4.78, 5) is 2.43. The first-order chi connectivity index (χ1) is 17.2. The third-order valence-corrected chi connectivity index (χ3v) is 7.69. The highest BCUT2D eigenvalue weighted by Crippen LogP contribution is 2.48. The van der Waals surface area contributed by atoms with Crippen molar-refractivity contribution in [2.75, 3.05) is 19.0 Å². The number of hydrogen-bond donors (Lipinski definition) is 0. The van der Waals surface area contributed by atoms with Crippen LogP contribution in [0.1, 0.15) is 38.8 Å². The highest BCUT2D eigenvalue weighted by atomic mass is 35.7. The molecule has 0 aromatic heterocycles. The smallest absolute Gasteiger partial charge is 0.209 e. The van der Waals surface area contributed by atoms with Gasteiger partial charge in [-0.25, -0.2) is 18.6 Å². The highest BCUT2D eigenvalue weighted by Gasteiger charge is 2.43. The molecule has 0 saturated carbocycles. The summed E-state index contributed by atoms with van der Waals surface area (Å²) in [6.07, 6.45) is 9.09. The van der Waals surface area contributed by atoms with Crippen LogP contribution in [0.3, 0.4) is 0 Å². The van der Waals surface area contributed by atoms with E-state index in [0.29, 0.717) is 6.04 Å². The average molecular weight is 521 g/mol. The zero-order valence-corrected chi connectivity index (χ0v) is 22.8. The number of halogens is 1. The molecule has 5 rings (SSSR count). The van der Waals surface area contributed by atoms with Crippen molar-refractivity contribution in [2.24, 2.45) is 0 Å². The maximum Gasteiger partial charge on any atom is 0.209 e. The van der Waals surface area contributed by atoms with E-state index in [4.69, 9.17) is 18.6 Å². The lowest BCUT2D eigenvalue weighted by Gasteiger charge is -2.30. The zero-order valence-electron chi connectivity index (χ0n) is 22.1. The molecule has 2 heterocycles. The Morgan fingerprint density at radius 3 is 2.16 bits per heavy atom. The fourth-order valence-electron chi connectivity index (χ4n) is 6.00. The van der Waals surface area contributed by atoms with Crippen LogP contribution in [0.4, 0.5) is 11.4 Å². The number of nitrogens with zero attached hydrogens (tertiary/aromatic N) is 2. The molecule has 1 atom stereocenters. The van der Waals surface area contributed by atoms with Gasteiger partial charge in [0.15, 0.2) is 5.71 Å². The molecule has 194 valence electrons. The monoisotopic (exact) mass is 520 g/mol. The molecule has 0 spiro atoms. The van der Waals surface area contributed by atoms with E-state index in [0.717, 1.165) is 0 Å². The van der Waals surface area contributed by atoms with Gasteiger partial charge in [0.1, 0.15) is 7.05 Å². The number of anilines is 1. The molecule has 0 radical (unpaired) electrons. The molecule has 2 aliphatic rings. The van der Waals surface area contributed by atoms with Crippen LogP contribution in [-0.4, -0.2) is 30.4 Å². The summed E-state index contributed by atoms with van der Waals surface area (Å²) in [5, 5.41) is 2.69. The van der Waals surface area contributed by atoms with Crippen LogP contribution >= 0.6 is 0 Å². The Hall–Kier alpha value is -3.00. The summed E-state index contributed by atoms with van der Waals surface area (Å²) in [7, 11) is -0.549. The number of fused-ring (bicyclic) bond motifs is 4. The minimum Gasteiger partial charge on any atom is -0.367 e. The summed E-state index contributed by atoms with van der Waals surface area (Å²) < 4.78 is 36.3. The van der Waals surface area contributed by atoms with E-state index in [2.05, 4.69) is 136 Å². The predicted molar refractivity (Wildman–Crippen MR) is 138 cm³/mol. The largest absolute Gasteiger partial charge is 0.367 e. The first-order valence-corrected chi connectivity index (χ1v) is 13.4. The second-order valence-corrected chi connectivity index (χ2v) is 11.4. The van der Waals surface area contributed by atoms with Crippen molar-refractivity contribution in [3.63, 3.8) is 0 Å². The first kappa shape index (κ1) is 27.0. The summed E-state index contributed by atoms with van der Waals surface area (Å²) in [6.45, 7) is 9.38. The molecule has 3 aromatic carbocycles. The van der Waals surface area contributed by atoms with Gasteiger partial charge in [-0.15, -0.1) is 10.2 Å². The Bertz CT molecular complexity index is 1410. The zero-order chi connectivity index (χ0) is 27.2. The van der Waals surface area contributed by atoms with Gasteiger partial charge in [0.05, 0.1) is 11.5 Å². The molecular weight excluding hydrogens is 488 g/mol. The minimum absolute atomic E-state index is 0.00819. The third-order valence-electron chi connectivity index (χ3n) is 7.69. The number of hydrogen-bond acceptors (Lipinski definition) is 5. The number of likely N-dealkylation sites (N-methyl/N-ethyl adjacent to an activating group) is 1. The maximum absolute atomic E-state index is 8.49. The first-order valence-electron chi connectivity index (χ1n) is 12.2. The van der Waals surface area contributed by atoms with Crippen LogP contribution in [0.2, 0.25) is 0 Å². The van der Waals surface area contributed by atoms with Gasteiger partial charge in [-0.05, 0) is 36.2 Å². The number of rotatable bonds is 3. The molecule has 0 amide bonds. The molecule has 7 heteroatoms. The Morgan fingerprint density at radius 2 is 1.49 bits per heavy atom. The van der Waals surface area contributed by atoms with Gasteiger partial charge in [0, 0.05) is 35.9 Å². The molecule has 0 fully saturated rings. The van der Waals surface area contributed by atoms with Crippen molar-refractivity contribution in [2.45, 2.75) is 44.6 Å². The summed E-state index contributed by atoms with van der Waals surface area (Å²) in [6, 6.07) is 22.3. The standard InChI is InChI=1S/C30H33N2.ClHO4/c1-29(2)23-15-9-10-16-24(23)31(5)26(29)17-11-12-18-27-30(3,4)28-22-14-8-7-13-21(22)19-20-25(28)32(27)6;2-1(3,4)5/h7-20,27H,1-6H3;(H,2,3,4,5)/q+1;/p-1. The van der Waals surface area contributed by atoms with E-state index in [1.54, 1.807) is 0 Å². The summed E-state index contributed by atoms with van der Waals surface area (Å²) in [5.74, 6) is 0. The molecule has 0 bridgehead atoms. The van der Waals surface area contributed by atoms with Gasteiger partial charge in [0.2, 0.25) is 5.69 Å². The van der Waals surface area contributed by atoms with Crippen molar-refractivity contribution in [3.8, 4) is 0 Å². The third kappa shape index (κ3) is 5.08. The molecule has 0 saturated heterocycles. The van der Waals surface area contributed by atoms with E-state index < -0.39 is 10.2 Å². The SMILES string of the molecule is CN1c2ccc3ccccc3c2C(C)(C)C1C=CC=CC1=[N+](C)c2ccccc2C1(C)C.[O-][Cl+3]([O-])([O-])[O-]. The van der Waals surface area contributed by atoms with Crippen LogP contribution < -0.4 is 23.5 Å². The maximum atomic E-state index is 8.49. The van der Waals surface area contributed by atoms with E-state index in [9.17, 15) is 0 Å². The van der Waals surface area contributed by atoms with E-state index in [1.807, 2.05) is 0 Å². The van der Waals surface area contributed by atoms with Crippen molar-refractivity contribution < 1.29 is 33.5 Å². The van der Waals surface area contributed by atoms with Crippen molar-refractivity contribution in [1.82, 2.24) is 0 Å². The van der Waals surface area contributed by atoms with Gasteiger partial charge >= 0.3 is 0 Å². The normalized spacial score (nSPS) is 19.9. The lowest BCUT2D eigenvalue weighted by Crippen LogP contribution is -2.68. The second kappa shape index (κ2) is 9.71. The Balaban J connectivity index is 0.000000586. The molecule has 0 aliphatic carbocycles. The van der Waals surface area contributed by atoms with Crippen LogP contribution in [0.25, 0.3) is 10.8 Å². The Labute approximate surface area is 220 Å². The molecule has 37 heavy (non-hydrogen) atoms. The van der Waals surface area contributed by atoms with Crippen LogP contribution in [0.15, 0.2) is 85.0 Å². The van der Waals surface area contributed by atoms with Gasteiger partial charge < -0.3 is 4.90 Å². The fourth-order valence-corrected chi connectivity index (χ4v) is 6.00. The predicted octanol–water partition coefficient (Wildman–Crippen LogP) is 2.00. The van der Waals surface area contributed by atoms with E-state index in [-0.39, 0.29) is 10.8 Å². The van der Waals surface area contributed by atoms with Gasteiger partial charge in [-0.3, -0.25) is 0 Å². The number of para-hydroxylation sites is 1.